The number of fused-ring (bicyclic) bond motifs is 1. The van der Waals surface area contributed by atoms with Gasteiger partial charge in [-0.2, -0.15) is 0 Å². The Labute approximate surface area is 119 Å². The predicted octanol–water partition coefficient (Wildman–Crippen LogP) is 3.06. The van der Waals surface area contributed by atoms with Crippen LogP contribution in [-0.4, -0.2) is 25.7 Å². The quantitative estimate of drug-likeness (QED) is 0.786. The van der Waals surface area contributed by atoms with E-state index < -0.39 is 5.97 Å². The molecule has 1 aromatic carbocycles. The number of carboxylic acids is 1. The number of aromatic carboxylic acids is 1. The van der Waals surface area contributed by atoms with Crippen molar-refractivity contribution in [3.05, 3.63) is 52.7 Å². The number of rotatable bonds is 2. The maximum absolute atomic E-state index is 11.0. The summed E-state index contributed by atoms with van der Waals surface area (Å²) in [5, 5.41) is 17.7. The van der Waals surface area contributed by atoms with Gasteiger partial charge in [0, 0.05) is 11.8 Å². The van der Waals surface area contributed by atoms with E-state index in [0.29, 0.717) is 22.1 Å². The van der Waals surface area contributed by atoms with Gasteiger partial charge in [0.25, 0.3) is 0 Å². The number of carboxylic acid groups (broad SMARTS) is 1. The Hall–Kier alpha value is -2.40. The fraction of sp³-hybridized carbons (Fsp3) is 0.0714. The fourth-order valence-electron chi connectivity index (χ4n) is 2.00. The molecule has 0 unspecified atom stereocenters. The summed E-state index contributed by atoms with van der Waals surface area (Å²) >= 11 is 6.23. The van der Waals surface area contributed by atoms with Gasteiger partial charge in [-0.3, -0.25) is 4.40 Å². The monoisotopic (exact) mass is 287 g/mol. The van der Waals surface area contributed by atoms with Crippen molar-refractivity contribution in [2.75, 3.05) is 0 Å². The van der Waals surface area contributed by atoms with Gasteiger partial charge in [0.1, 0.15) is 0 Å². The highest BCUT2D eigenvalue weighted by molar-refractivity contribution is 6.33. The lowest BCUT2D eigenvalue weighted by Gasteiger charge is -2.04. The van der Waals surface area contributed by atoms with E-state index in [9.17, 15) is 4.79 Å². The van der Waals surface area contributed by atoms with Crippen LogP contribution < -0.4 is 0 Å². The zero-order valence-electron chi connectivity index (χ0n) is 10.5. The molecule has 0 saturated heterocycles. The third-order valence-electron chi connectivity index (χ3n) is 3.01. The van der Waals surface area contributed by atoms with Crippen LogP contribution in [-0.2, 0) is 0 Å². The van der Waals surface area contributed by atoms with Crippen LogP contribution in [0.4, 0.5) is 0 Å². The molecular formula is C14H10ClN3O2. The van der Waals surface area contributed by atoms with Crippen molar-refractivity contribution in [3.8, 4) is 11.4 Å². The van der Waals surface area contributed by atoms with Crippen LogP contribution in [0.5, 0.6) is 0 Å². The molecule has 0 aliphatic rings. The summed E-state index contributed by atoms with van der Waals surface area (Å²) in [5.41, 5.74) is 2.49. The average Bonchev–Trinajstić information content (AvgIpc) is 2.81. The third-order valence-corrected chi connectivity index (χ3v) is 3.33. The zero-order chi connectivity index (χ0) is 14.3. The third kappa shape index (κ3) is 2.02. The molecule has 3 aromatic rings. The summed E-state index contributed by atoms with van der Waals surface area (Å²) in [4.78, 5) is 11.0. The van der Waals surface area contributed by atoms with Crippen molar-refractivity contribution in [3.63, 3.8) is 0 Å². The summed E-state index contributed by atoms with van der Waals surface area (Å²) < 4.78 is 1.62. The Morgan fingerprint density at radius 3 is 2.75 bits per heavy atom. The molecular weight excluding hydrogens is 278 g/mol. The van der Waals surface area contributed by atoms with Crippen LogP contribution in [0.25, 0.3) is 17.0 Å². The molecule has 20 heavy (non-hydrogen) atoms. The highest BCUT2D eigenvalue weighted by atomic mass is 35.5. The second-order valence-corrected chi connectivity index (χ2v) is 4.87. The predicted molar refractivity (Wildman–Crippen MR) is 75.1 cm³/mol. The summed E-state index contributed by atoms with van der Waals surface area (Å²) in [6.45, 7) is 1.94. The van der Waals surface area contributed by atoms with Gasteiger partial charge in [-0.25, -0.2) is 4.79 Å². The van der Waals surface area contributed by atoms with E-state index in [-0.39, 0.29) is 5.56 Å². The van der Waals surface area contributed by atoms with Crippen LogP contribution in [0, 0.1) is 6.92 Å². The molecule has 100 valence electrons. The first-order valence-electron chi connectivity index (χ1n) is 5.91. The molecule has 2 heterocycles. The van der Waals surface area contributed by atoms with Crippen molar-refractivity contribution in [2.24, 2.45) is 0 Å². The van der Waals surface area contributed by atoms with Crippen molar-refractivity contribution in [1.29, 1.82) is 0 Å². The highest BCUT2D eigenvalue weighted by Crippen LogP contribution is 2.27. The van der Waals surface area contributed by atoms with Crippen LogP contribution in [0.15, 0.2) is 36.5 Å². The van der Waals surface area contributed by atoms with E-state index in [1.165, 1.54) is 12.3 Å². The van der Waals surface area contributed by atoms with E-state index in [1.807, 2.05) is 25.1 Å². The van der Waals surface area contributed by atoms with Gasteiger partial charge in [-0.05, 0) is 36.8 Å². The number of carbonyl (C=O) groups is 1. The number of pyridine rings is 1. The molecule has 0 aliphatic carbocycles. The van der Waals surface area contributed by atoms with Crippen LogP contribution in [0.1, 0.15) is 15.9 Å². The molecule has 5 nitrogen and oxygen atoms in total. The van der Waals surface area contributed by atoms with E-state index in [0.717, 1.165) is 5.56 Å². The minimum atomic E-state index is -0.999. The van der Waals surface area contributed by atoms with Crippen LogP contribution >= 0.6 is 11.6 Å². The maximum Gasteiger partial charge on any atom is 0.337 e. The Morgan fingerprint density at radius 1 is 1.25 bits per heavy atom. The number of hydrogen-bond donors (Lipinski definition) is 1. The standard InChI is InChI=1S/C14H10ClN3O2/c1-8-2-4-10(11(15)6-8)13-17-16-12-5-3-9(14(19)20)7-18(12)13/h2-7H,1H3,(H,19,20). The van der Waals surface area contributed by atoms with E-state index in [2.05, 4.69) is 10.2 Å². The summed E-state index contributed by atoms with van der Waals surface area (Å²) in [5.74, 6) is -0.477. The first kappa shape index (κ1) is 12.6. The van der Waals surface area contributed by atoms with Gasteiger partial charge in [0.15, 0.2) is 11.5 Å². The normalized spacial score (nSPS) is 10.9. The molecule has 0 aliphatic heterocycles. The van der Waals surface area contributed by atoms with Gasteiger partial charge in [0.05, 0.1) is 10.6 Å². The largest absolute Gasteiger partial charge is 0.478 e. The van der Waals surface area contributed by atoms with Gasteiger partial charge >= 0.3 is 5.97 Å². The number of benzene rings is 1. The molecule has 0 spiro atoms. The number of halogens is 1. The van der Waals surface area contributed by atoms with E-state index in [4.69, 9.17) is 16.7 Å². The Kier molecular flexibility index (Phi) is 2.91. The molecule has 1 N–H and O–H groups in total. The first-order valence-corrected chi connectivity index (χ1v) is 6.28. The summed E-state index contributed by atoms with van der Waals surface area (Å²) in [6.07, 6.45) is 1.49. The summed E-state index contributed by atoms with van der Waals surface area (Å²) in [7, 11) is 0. The Morgan fingerprint density at radius 2 is 2.05 bits per heavy atom. The second-order valence-electron chi connectivity index (χ2n) is 4.46. The van der Waals surface area contributed by atoms with E-state index in [1.54, 1.807) is 10.5 Å². The van der Waals surface area contributed by atoms with Crippen LogP contribution in [0.2, 0.25) is 5.02 Å². The Bertz CT molecular complexity index is 826. The molecule has 6 heteroatoms. The van der Waals surface area contributed by atoms with Gasteiger partial charge in [0.2, 0.25) is 0 Å². The molecule has 0 atom stereocenters. The molecule has 0 saturated carbocycles. The summed E-state index contributed by atoms with van der Waals surface area (Å²) in [6, 6.07) is 8.71. The minimum Gasteiger partial charge on any atom is -0.478 e. The lowest BCUT2D eigenvalue weighted by Crippen LogP contribution is -1.99. The van der Waals surface area contributed by atoms with E-state index >= 15 is 0 Å². The highest BCUT2D eigenvalue weighted by Gasteiger charge is 2.13. The molecule has 0 bridgehead atoms. The number of nitrogens with zero attached hydrogens (tertiary/aromatic N) is 3. The van der Waals surface area contributed by atoms with Gasteiger partial charge in [-0.1, -0.05) is 17.7 Å². The second kappa shape index (κ2) is 4.61. The average molecular weight is 288 g/mol. The van der Waals surface area contributed by atoms with Crippen molar-refractivity contribution in [2.45, 2.75) is 6.92 Å². The van der Waals surface area contributed by atoms with Crippen molar-refractivity contribution < 1.29 is 9.90 Å². The molecule has 0 radical (unpaired) electrons. The van der Waals surface area contributed by atoms with Crippen molar-refractivity contribution in [1.82, 2.24) is 14.6 Å². The lowest BCUT2D eigenvalue weighted by molar-refractivity contribution is 0.0696. The van der Waals surface area contributed by atoms with Gasteiger partial charge < -0.3 is 5.11 Å². The zero-order valence-corrected chi connectivity index (χ0v) is 11.3. The lowest BCUT2D eigenvalue weighted by atomic mass is 10.1. The Balaban J connectivity index is 2.25. The first-order chi connectivity index (χ1) is 9.56. The minimum absolute atomic E-state index is 0.168. The SMILES string of the molecule is Cc1ccc(-c2nnc3ccc(C(=O)O)cn23)c(Cl)c1. The molecule has 0 amide bonds. The topological polar surface area (TPSA) is 67.5 Å². The van der Waals surface area contributed by atoms with Gasteiger partial charge in [-0.15, -0.1) is 10.2 Å². The number of aryl methyl sites for hydroxylation is 1. The molecule has 2 aromatic heterocycles. The fourth-order valence-corrected chi connectivity index (χ4v) is 2.32. The maximum atomic E-state index is 11.0. The smallest absolute Gasteiger partial charge is 0.337 e. The van der Waals surface area contributed by atoms with Crippen molar-refractivity contribution >= 4 is 23.2 Å². The van der Waals surface area contributed by atoms with Crippen LogP contribution in [0.3, 0.4) is 0 Å². The molecule has 3 rings (SSSR count). The number of hydrogen-bond acceptors (Lipinski definition) is 3. The molecule has 0 fully saturated rings. The number of aromatic nitrogens is 3.